The molecule has 0 fully saturated rings. The molecule has 0 radical (unpaired) electrons. The van der Waals surface area contributed by atoms with Gasteiger partial charge in [-0.05, 0) is 45.8 Å². The fraction of sp³-hybridized carbons (Fsp3) is 0.974. The van der Waals surface area contributed by atoms with Crippen molar-refractivity contribution in [1.29, 1.82) is 0 Å². The summed E-state index contributed by atoms with van der Waals surface area (Å²) >= 11 is 0. The van der Waals surface area contributed by atoms with E-state index in [-0.39, 0.29) is 0 Å². The minimum atomic E-state index is 0.325. The number of hydrogen-bond donors (Lipinski definition) is 0. The van der Waals surface area contributed by atoms with Gasteiger partial charge in [-0.2, -0.15) is 0 Å². The van der Waals surface area contributed by atoms with E-state index in [0.717, 1.165) is 19.6 Å². The van der Waals surface area contributed by atoms with Crippen LogP contribution in [0.15, 0.2) is 0 Å². The molecule has 0 unspecified atom stereocenters. The number of nitrogens with zero attached hydrogens (tertiary/aromatic N) is 2. The largest absolute Gasteiger partial charge is 0.302 e. The third-order valence-electron chi connectivity index (χ3n) is 9.16. The van der Waals surface area contributed by atoms with E-state index in [1.807, 2.05) is 0 Å². The molecule has 0 aliphatic heterocycles. The Morgan fingerprint density at radius 1 is 0.333 bits per heavy atom. The number of carbonyl (C=O) groups is 1. The van der Waals surface area contributed by atoms with Gasteiger partial charge in [0.1, 0.15) is 5.78 Å². The average molecular weight is 593 g/mol. The normalized spacial score (nSPS) is 11.8. The molecular weight excluding hydrogens is 512 g/mol. The molecule has 0 saturated carbocycles. The molecular formula is C39H80N2O. The molecule has 0 aromatic carbocycles. The Balaban J connectivity index is 4.38. The van der Waals surface area contributed by atoms with Crippen LogP contribution in [0, 0.1) is 0 Å². The molecule has 3 nitrogen and oxygen atoms in total. The lowest BCUT2D eigenvalue weighted by molar-refractivity contribution is -0.118. The zero-order chi connectivity index (χ0) is 30.8. The van der Waals surface area contributed by atoms with E-state index in [4.69, 9.17) is 0 Å². The van der Waals surface area contributed by atoms with E-state index in [1.54, 1.807) is 6.92 Å². The summed E-state index contributed by atoms with van der Waals surface area (Å²) in [4.78, 5) is 17.2. The topological polar surface area (TPSA) is 23.6 Å². The lowest BCUT2D eigenvalue weighted by atomic mass is 10.1. The van der Waals surface area contributed by atoms with Crippen molar-refractivity contribution in [3.05, 3.63) is 0 Å². The summed E-state index contributed by atoms with van der Waals surface area (Å²) < 4.78 is 0. The first-order chi connectivity index (χ1) is 20.6. The van der Waals surface area contributed by atoms with Crippen molar-refractivity contribution in [2.24, 2.45) is 0 Å². The van der Waals surface area contributed by atoms with Crippen molar-refractivity contribution in [3.8, 4) is 0 Å². The van der Waals surface area contributed by atoms with Crippen molar-refractivity contribution in [2.45, 2.75) is 207 Å². The summed E-state index contributed by atoms with van der Waals surface area (Å²) in [5.74, 6) is 0.325. The van der Waals surface area contributed by atoms with Gasteiger partial charge < -0.3 is 4.90 Å². The second-order valence-electron chi connectivity index (χ2n) is 13.7. The van der Waals surface area contributed by atoms with Crippen LogP contribution in [0.2, 0.25) is 0 Å². The Morgan fingerprint density at radius 3 is 0.857 bits per heavy atom. The Labute approximate surface area is 266 Å². The van der Waals surface area contributed by atoms with Crippen LogP contribution in [0.25, 0.3) is 0 Å². The van der Waals surface area contributed by atoms with Crippen molar-refractivity contribution in [3.63, 3.8) is 0 Å². The van der Waals surface area contributed by atoms with Crippen LogP contribution in [-0.2, 0) is 4.79 Å². The van der Waals surface area contributed by atoms with E-state index < -0.39 is 0 Å². The average Bonchev–Trinajstić information content (AvgIpc) is 2.98. The first-order valence-corrected chi connectivity index (χ1v) is 19.6. The van der Waals surface area contributed by atoms with Gasteiger partial charge in [-0.1, -0.05) is 181 Å². The van der Waals surface area contributed by atoms with Gasteiger partial charge in [0.25, 0.3) is 0 Å². The molecule has 0 aliphatic carbocycles. The van der Waals surface area contributed by atoms with Gasteiger partial charge in [-0.25, -0.2) is 0 Å². The molecule has 0 aliphatic rings. The number of carbonyl (C=O) groups excluding carboxylic acids is 1. The molecule has 0 rings (SSSR count). The Kier molecular flexibility index (Phi) is 34.7. The third-order valence-corrected chi connectivity index (χ3v) is 9.16. The van der Waals surface area contributed by atoms with Crippen LogP contribution < -0.4 is 0 Å². The predicted molar refractivity (Wildman–Crippen MR) is 190 cm³/mol. The maximum absolute atomic E-state index is 12.0. The Morgan fingerprint density at radius 2 is 0.571 bits per heavy atom. The maximum Gasteiger partial charge on any atom is 0.143 e. The second kappa shape index (κ2) is 35.1. The lowest BCUT2D eigenvalue weighted by Crippen LogP contribution is -2.38. The number of ketones is 1. The third kappa shape index (κ3) is 32.5. The van der Waals surface area contributed by atoms with Crippen LogP contribution >= 0.6 is 0 Å². The fourth-order valence-corrected chi connectivity index (χ4v) is 6.32. The molecule has 42 heavy (non-hydrogen) atoms. The molecule has 0 aromatic heterocycles. The summed E-state index contributed by atoms with van der Waals surface area (Å²) in [5, 5.41) is 0. The quantitative estimate of drug-likeness (QED) is 0.0676. The van der Waals surface area contributed by atoms with Crippen molar-refractivity contribution in [1.82, 2.24) is 9.80 Å². The van der Waals surface area contributed by atoms with Gasteiger partial charge >= 0.3 is 0 Å². The maximum atomic E-state index is 12.0. The zero-order valence-corrected chi connectivity index (χ0v) is 29.8. The molecule has 0 N–H and O–H groups in total. The van der Waals surface area contributed by atoms with Gasteiger partial charge in [0.2, 0.25) is 0 Å². The van der Waals surface area contributed by atoms with E-state index in [9.17, 15) is 4.79 Å². The summed E-state index contributed by atoms with van der Waals surface area (Å²) in [6.45, 7) is 15.1. The second-order valence-corrected chi connectivity index (χ2v) is 13.7. The standard InChI is InChI=1S/C39H80N2O/c1-5-8-11-14-17-20-22-25-27-30-33-40(34-31-28-26-23-21-18-15-12-9-6-2)36-37-41(38-39(4)42)35-32-29-24-19-16-13-10-7-3/h5-38H2,1-4H3. The summed E-state index contributed by atoms with van der Waals surface area (Å²) in [7, 11) is 0. The molecule has 0 aromatic rings. The van der Waals surface area contributed by atoms with Gasteiger partial charge in [0.05, 0.1) is 6.54 Å². The minimum Gasteiger partial charge on any atom is -0.302 e. The Hall–Kier alpha value is -0.410. The first-order valence-electron chi connectivity index (χ1n) is 19.6. The fourth-order valence-electron chi connectivity index (χ4n) is 6.32. The highest BCUT2D eigenvalue weighted by Crippen LogP contribution is 2.14. The smallest absolute Gasteiger partial charge is 0.143 e. The van der Waals surface area contributed by atoms with Crippen molar-refractivity contribution in [2.75, 3.05) is 39.3 Å². The molecule has 3 heteroatoms. The van der Waals surface area contributed by atoms with E-state index >= 15 is 0 Å². The summed E-state index contributed by atoms with van der Waals surface area (Å²) in [5.41, 5.74) is 0. The highest BCUT2D eigenvalue weighted by atomic mass is 16.1. The van der Waals surface area contributed by atoms with Gasteiger partial charge in [-0.15, -0.1) is 0 Å². The zero-order valence-electron chi connectivity index (χ0n) is 29.8. The minimum absolute atomic E-state index is 0.325. The van der Waals surface area contributed by atoms with E-state index in [0.29, 0.717) is 12.3 Å². The van der Waals surface area contributed by atoms with Crippen LogP contribution in [0.1, 0.15) is 207 Å². The SMILES string of the molecule is CCCCCCCCCCCCN(CCCCCCCCCCCC)CCN(CCCCCCCCCC)CC(C)=O. The van der Waals surface area contributed by atoms with Gasteiger partial charge in [-0.3, -0.25) is 9.69 Å². The molecule has 0 atom stereocenters. The van der Waals surface area contributed by atoms with Crippen LogP contribution in [0.4, 0.5) is 0 Å². The molecule has 0 heterocycles. The van der Waals surface area contributed by atoms with Crippen molar-refractivity contribution >= 4 is 5.78 Å². The van der Waals surface area contributed by atoms with Crippen LogP contribution in [-0.4, -0.2) is 54.9 Å². The summed E-state index contributed by atoms with van der Waals surface area (Å²) in [6, 6.07) is 0. The van der Waals surface area contributed by atoms with E-state index in [2.05, 4.69) is 30.6 Å². The first kappa shape index (κ1) is 41.6. The molecule has 0 saturated heterocycles. The molecule has 0 amide bonds. The number of rotatable bonds is 36. The van der Waals surface area contributed by atoms with Crippen molar-refractivity contribution < 1.29 is 4.79 Å². The Bertz CT molecular complexity index is 499. The molecule has 0 bridgehead atoms. The number of Topliss-reactive ketones (excluding diaryl/α,β-unsaturated/α-hetero) is 1. The van der Waals surface area contributed by atoms with Crippen LogP contribution in [0.3, 0.4) is 0 Å². The monoisotopic (exact) mass is 593 g/mol. The molecule has 0 spiro atoms. The highest BCUT2D eigenvalue weighted by molar-refractivity contribution is 5.77. The predicted octanol–water partition coefficient (Wildman–Crippen LogP) is 12.2. The van der Waals surface area contributed by atoms with Crippen LogP contribution in [0.5, 0.6) is 0 Å². The molecule has 252 valence electrons. The summed E-state index contributed by atoms with van der Waals surface area (Å²) in [6.07, 6.45) is 39.0. The lowest BCUT2D eigenvalue weighted by Gasteiger charge is -2.27. The van der Waals surface area contributed by atoms with E-state index in [1.165, 1.54) is 193 Å². The van der Waals surface area contributed by atoms with Gasteiger partial charge in [0.15, 0.2) is 0 Å². The highest BCUT2D eigenvalue weighted by Gasteiger charge is 2.11. The van der Waals surface area contributed by atoms with Gasteiger partial charge in [0, 0.05) is 13.1 Å². The number of hydrogen-bond acceptors (Lipinski definition) is 3. The number of unbranched alkanes of at least 4 members (excludes halogenated alkanes) is 25.